The van der Waals surface area contributed by atoms with E-state index in [1.807, 2.05) is 73.0 Å². The number of rotatable bonds is 5. The molecule has 0 bridgehead atoms. The highest BCUT2D eigenvalue weighted by Crippen LogP contribution is 2.29. The molecule has 0 spiro atoms. The molecule has 0 aliphatic rings. The lowest BCUT2D eigenvalue weighted by Gasteiger charge is -2.11. The van der Waals surface area contributed by atoms with Crippen LogP contribution in [0.5, 0.6) is 0 Å². The van der Waals surface area contributed by atoms with Gasteiger partial charge in [-0.2, -0.15) is 0 Å². The Balaban J connectivity index is 1.46. The number of urea groups is 1. The second-order valence-electron chi connectivity index (χ2n) is 6.38. The molecule has 2 aromatic heterocycles. The van der Waals surface area contributed by atoms with E-state index in [0.29, 0.717) is 5.69 Å². The largest absolute Gasteiger partial charge is 0.331 e. The number of nitrogens with one attached hydrogen (secondary N) is 3. The van der Waals surface area contributed by atoms with Crippen molar-refractivity contribution in [2.75, 3.05) is 16.0 Å². The second-order valence-corrected chi connectivity index (χ2v) is 7.24. The van der Waals surface area contributed by atoms with Crippen molar-refractivity contribution in [2.24, 2.45) is 0 Å². The van der Waals surface area contributed by atoms with Crippen LogP contribution in [-0.2, 0) is 0 Å². The fourth-order valence-electron chi connectivity index (χ4n) is 2.74. The van der Waals surface area contributed by atoms with E-state index >= 15 is 0 Å². The monoisotopic (exact) mass is 401 g/mol. The lowest BCUT2D eigenvalue weighted by molar-refractivity contribution is 0.262. The first-order valence-electron chi connectivity index (χ1n) is 9.04. The zero-order valence-electron chi connectivity index (χ0n) is 15.7. The Hall–Kier alpha value is -3.71. The predicted octanol–water partition coefficient (Wildman–Crippen LogP) is 5.90. The molecule has 2 heterocycles. The van der Waals surface area contributed by atoms with E-state index in [-0.39, 0.29) is 6.03 Å². The number of aromatic nitrogens is 2. The van der Waals surface area contributed by atoms with Crippen molar-refractivity contribution in [1.82, 2.24) is 9.97 Å². The number of para-hydroxylation sites is 1. The molecule has 29 heavy (non-hydrogen) atoms. The maximum Gasteiger partial charge on any atom is 0.323 e. The third-order valence-corrected chi connectivity index (χ3v) is 4.99. The highest BCUT2D eigenvalue weighted by Gasteiger charge is 2.08. The maximum atomic E-state index is 12.2. The fraction of sp³-hybridized carbons (Fsp3) is 0.0455. The summed E-state index contributed by atoms with van der Waals surface area (Å²) in [5.41, 5.74) is 5.21. The van der Waals surface area contributed by atoms with E-state index in [0.717, 1.165) is 33.3 Å². The van der Waals surface area contributed by atoms with E-state index in [9.17, 15) is 4.79 Å². The van der Waals surface area contributed by atoms with Crippen molar-refractivity contribution in [2.45, 2.75) is 6.92 Å². The molecule has 0 radical (unpaired) electrons. The summed E-state index contributed by atoms with van der Waals surface area (Å²) < 4.78 is 0. The minimum Gasteiger partial charge on any atom is -0.331 e. The molecule has 0 fully saturated rings. The van der Waals surface area contributed by atoms with Crippen molar-refractivity contribution >= 4 is 39.6 Å². The number of aryl methyl sites for hydroxylation is 1. The molecule has 0 unspecified atom stereocenters. The molecule has 4 aromatic rings. The normalized spacial score (nSPS) is 10.4. The number of hydrogen-bond donors (Lipinski definition) is 3. The van der Waals surface area contributed by atoms with Crippen LogP contribution in [0.3, 0.4) is 0 Å². The zero-order valence-corrected chi connectivity index (χ0v) is 16.5. The van der Waals surface area contributed by atoms with Crippen LogP contribution in [0.1, 0.15) is 5.56 Å². The van der Waals surface area contributed by atoms with Crippen molar-refractivity contribution in [3.8, 4) is 11.3 Å². The van der Waals surface area contributed by atoms with E-state index in [2.05, 4.69) is 25.9 Å². The lowest BCUT2D eigenvalue weighted by atomic mass is 10.2. The Morgan fingerprint density at radius 3 is 2.59 bits per heavy atom. The van der Waals surface area contributed by atoms with Gasteiger partial charge in [0.1, 0.15) is 0 Å². The first-order chi connectivity index (χ1) is 14.2. The summed E-state index contributed by atoms with van der Waals surface area (Å²) in [6.07, 6.45) is 3.53. The van der Waals surface area contributed by atoms with E-state index in [1.54, 1.807) is 12.4 Å². The topological polar surface area (TPSA) is 78.9 Å². The van der Waals surface area contributed by atoms with Crippen molar-refractivity contribution in [3.05, 3.63) is 84.0 Å². The predicted molar refractivity (Wildman–Crippen MR) is 119 cm³/mol. The summed E-state index contributed by atoms with van der Waals surface area (Å²) >= 11 is 1.52. The average molecular weight is 401 g/mol. The van der Waals surface area contributed by atoms with E-state index < -0.39 is 0 Å². The SMILES string of the molecule is Cc1ccc(NC(=O)Nc2ccccc2)cc1Nc1nc(-c2cccnc2)cs1. The van der Waals surface area contributed by atoms with Crippen LogP contribution >= 0.6 is 11.3 Å². The van der Waals surface area contributed by atoms with Crippen LogP contribution in [0.15, 0.2) is 78.4 Å². The number of carbonyl (C=O) groups excluding carboxylic acids is 1. The van der Waals surface area contributed by atoms with Gasteiger partial charge in [0, 0.05) is 40.4 Å². The Labute approximate surface area is 172 Å². The molecule has 6 nitrogen and oxygen atoms in total. The smallest absolute Gasteiger partial charge is 0.323 e. The second kappa shape index (κ2) is 8.53. The van der Waals surface area contributed by atoms with Gasteiger partial charge < -0.3 is 16.0 Å². The highest BCUT2D eigenvalue weighted by atomic mass is 32.1. The summed E-state index contributed by atoms with van der Waals surface area (Å²) in [5.74, 6) is 0. The van der Waals surface area contributed by atoms with Gasteiger partial charge in [0.2, 0.25) is 0 Å². The van der Waals surface area contributed by atoms with Crippen LogP contribution in [0.2, 0.25) is 0 Å². The average Bonchev–Trinajstić information content (AvgIpc) is 3.20. The van der Waals surface area contributed by atoms with Crippen LogP contribution in [0, 0.1) is 6.92 Å². The molecule has 0 aliphatic heterocycles. The Morgan fingerprint density at radius 1 is 0.966 bits per heavy atom. The summed E-state index contributed by atoms with van der Waals surface area (Å²) in [7, 11) is 0. The maximum absolute atomic E-state index is 12.2. The number of thiazole rings is 1. The molecule has 4 rings (SSSR count). The number of benzene rings is 2. The number of anilines is 4. The quantitative estimate of drug-likeness (QED) is 0.389. The van der Waals surface area contributed by atoms with Crippen molar-refractivity contribution in [3.63, 3.8) is 0 Å². The third-order valence-electron chi connectivity index (χ3n) is 4.23. The summed E-state index contributed by atoms with van der Waals surface area (Å²) in [6.45, 7) is 2.01. The molecule has 2 amide bonds. The molecule has 2 aromatic carbocycles. The van der Waals surface area contributed by atoms with Gasteiger partial charge in [0.15, 0.2) is 5.13 Å². The van der Waals surface area contributed by atoms with Gasteiger partial charge in [-0.1, -0.05) is 24.3 Å². The summed E-state index contributed by atoms with van der Waals surface area (Å²) in [4.78, 5) is 21.0. The van der Waals surface area contributed by atoms with Gasteiger partial charge in [-0.15, -0.1) is 11.3 Å². The number of nitrogens with zero attached hydrogens (tertiary/aromatic N) is 2. The van der Waals surface area contributed by atoms with Crippen molar-refractivity contribution in [1.29, 1.82) is 0 Å². The number of pyridine rings is 1. The molecule has 7 heteroatoms. The Morgan fingerprint density at radius 2 is 1.79 bits per heavy atom. The third kappa shape index (κ3) is 4.77. The lowest BCUT2D eigenvalue weighted by Crippen LogP contribution is -2.19. The van der Waals surface area contributed by atoms with Crippen molar-refractivity contribution < 1.29 is 4.79 Å². The molecule has 0 saturated heterocycles. The fourth-order valence-corrected chi connectivity index (χ4v) is 3.47. The van der Waals surface area contributed by atoms with Gasteiger partial charge in [0.25, 0.3) is 0 Å². The van der Waals surface area contributed by atoms with Crippen LogP contribution in [0.4, 0.5) is 27.0 Å². The minimum absolute atomic E-state index is 0.292. The van der Waals surface area contributed by atoms with Gasteiger partial charge in [0.05, 0.1) is 5.69 Å². The van der Waals surface area contributed by atoms with Crippen LogP contribution in [0.25, 0.3) is 11.3 Å². The Bertz CT molecular complexity index is 1110. The number of hydrogen-bond acceptors (Lipinski definition) is 5. The number of carbonyl (C=O) groups is 1. The summed E-state index contributed by atoms with van der Waals surface area (Å²) in [6, 6.07) is 18.6. The van der Waals surface area contributed by atoms with E-state index in [1.165, 1.54) is 11.3 Å². The molecular formula is C22H19N5OS. The summed E-state index contributed by atoms with van der Waals surface area (Å²) in [5, 5.41) is 11.8. The minimum atomic E-state index is -0.292. The molecule has 144 valence electrons. The van der Waals surface area contributed by atoms with Gasteiger partial charge >= 0.3 is 6.03 Å². The molecule has 3 N–H and O–H groups in total. The first-order valence-corrected chi connectivity index (χ1v) is 9.92. The van der Waals surface area contributed by atoms with Crippen LogP contribution < -0.4 is 16.0 Å². The van der Waals surface area contributed by atoms with Gasteiger partial charge in [-0.3, -0.25) is 4.98 Å². The molecule has 0 saturated carbocycles. The first kappa shape index (κ1) is 18.6. The molecule has 0 aliphatic carbocycles. The van der Waals surface area contributed by atoms with Gasteiger partial charge in [-0.25, -0.2) is 9.78 Å². The molecule has 0 atom stereocenters. The van der Waals surface area contributed by atoms with Crippen LogP contribution in [-0.4, -0.2) is 16.0 Å². The van der Waals surface area contributed by atoms with Gasteiger partial charge in [-0.05, 0) is 48.9 Å². The Kier molecular flexibility index (Phi) is 5.49. The number of amides is 2. The highest BCUT2D eigenvalue weighted by molar-refractivity contribution is 7.14. The molecular weight excluding hydrogens is 382 g/mol. The standard InChI is InChI=1S/C22H19N5OS/c1-15-9-10-18(25-21(28)24-17-7-3-2-4-8-17)12-19(15)26-22-27-20(14-29-22)16-6-5-11-23-13-16/h2-14H,1H3,(H,26,27)(H2,24,25,28). The van der Waals surface area contributed by atoms with E-state index in [4.69, 9.17) is 0 Å². The zero-order chi connectivity index (χ0) is 20.1.